The molecule has 2 aromatic rings. The summed E-state index contributed by atoms with van der Waals surface area (Å²) in [5.74, 6) is 0.494. The summed E-state index contributed by atoms with van der Waals surface area (Å²) in [6.45, 7) is 0. The SMILES string of the molecule is COc1ccc(C(=O)Oc2c(Br)cc(C=C[N+](=O)[O-])cc2OC)cc1. The van der Waals surface area contributed by atoms with Crippen molar-refractivity contribution in [1.29, 1.82) is 0 Å². The summed E-state index contributed by atoms with van der Waals surface area (Å²) in [5.41, 5.74) is 0.858. The normalized spacial score (nSPS) is 10.5. The van der Waals surface area contributed by atoms with Gasteiger partial charge in [-0.1, -0.05) is 0 Å². The quantitative estimate of drug-likeness (QED) is 0.312. The number of hydrogen-bond acceptors (Lipinski definition) is 6. The second kappa shape index (κ2) is 8.29. The topological polar surface area (TPSA) is 87.9 Å². The number of benzene rings is 2. The standard InChI is InChI=1S/C17H14BrNO6/c1-23-13-5-3-12(4-6-13)17(20)25-16-14(18)9-11(7-8-19(21)22)10-15(16)24-2/h3-10H,1-2H3. The molecule has 0 unspecified atom stereocenters. The number of carbonyl (C=O) groups is 1. The zero-order valence-corrected chi connectivity index (χ0v) is 15.0. The van der Waals surface area contributed by atoms with Crippen molar-refractivity contribution in [2.24, 2.45) is 0 Å². The van der Waals surface area contributed by atoms with E-state index in [4.69, 9.17) is 14.2 Å². The van der Waals surface area contributed by atoms with Gasteiger partial charge in [0.2, 0.25) is 6.20 Å². The maximum absolute atomic E-state index is 12.3. The fourth-order valence-electron chi connectivity index (χ4n) is 1.96. The minimum Gasteiger partial charge on any atom is -0.497 e. The summed E-state index contributed by atoms with van der Waals surface area (Å²) in [6, 6.07) is 9.56. The van der Waals surface area contributed by atoms with E-state index in [1.165, 1.54) is 26.4 Å². The minimum atomic E-state index is -0.574. The van der Waals surface area contributed by atoms with Gasteiger partial charge in [0, 0.05) is 6.08 Å². The van der Waals surface area contributed by atoms with E-state index in [1.54, 1.807) is 30.3 Å². The second-order valence-corrected chi connectivity index (χ2v) is 5.61. The van der Waals surface area contributed by atoms with Gasteiger partial charge in [0.1, 0.15) is 5.75 Å². The monoisotopic (exact) mass is 407 g/mol. The lowest BCUT2D eigenvalue weighted by Gasteiger charge is -2.12. The van der Waals surface area contributed by atoms with Crippen LogP contribution in [-0.2, 0) is 0 Å². The first-order chi connectivity index (χ1) is 11.9. The molecule has 0 heterocycles. The zero-order valence-electron chi connectivity index (χ0n) is 13.4. The van der Waals surface area contributed by atoms with Crippen LogP contribution < -0.4 is 14.2 Å². The average Bonchev–Trinajstić information content (AvgIpc) is 2.61. The molecule has 0 aliphatic carbocycles. The van der Waals surface area contributed by atoms with E-state index >= 15 is 0 Å². The maximum Gasteiger partial charge on any atom is 0.343 e. The smallest absolute Gasteiger partial charge is 0.343 e. The van der Waals surface area contributed by atoms with Gasteiger partial charge in [0.15, 0.2) is 11.5 Å². The van der Waals surface area contributed by atoms with E-state index in [0.717, 1.165) is 6.20 Å². The summed E-state index contributed by atoms with van der Waals surface area (Å²) in [6.07, 6.45) is 2.12. The first-order valence-corrected chi connectivity index (χ1v) is 7.79. The van der Waals surface area contributed by atoms with Crippen LogP contribution in [-0.4, -0.2) is 25.1 Å². The van der Waals surface area contributed by atoms with Crippen molar-refractivity contribution >= 4 is 28.0 Å². The highest BCUT2D eigenvalue weighted by Crippen LogP contribution is 2.37. The fourth-order valence-corrected chi connectivity index (χ4v) is 2.50. The Balaban J connectivity index is 2.28. The molecule has 8 heteroatoms. The van der Waals surface area contributed by atoms with E-state index in [2.05, 4.69) is 15.9 Å². The molecule has 0 amide bonds. The lowest BCUT2D eigenvalue weighted by atomic mass is 10.2. The van der Waals surface area contributed by atoms with Gasteiger partial charge in [-0.2, -0.15) is 0 Å². The molecule has 0 saturated heterocycles. The van der Waals surface area contributed by atoms with Crippen LogP contribution in [0.3, 0.4) is 0 Å². The van der Waals surface area contributed by atoms with E-state index in [-0.39, 0.29) is 11.5 Å². The summed E-state index contributed by atoms with van der Waals surface area (Å²) in [5, 5.41) is 10.4. The molecule has 0 spiro atoms. The van der Waals surface area contributed by atoms with Gasteiger partial charge < -0.3 is 14.2 Å². The van der Waals surface area contributed by atoms with Crippen molar-refractivity contribution in [2.45, 2.75) is 0 Å². The van der Waals surface area contributed by atoms with Crippen molar-refractivity contribution < 1.29 is 23.9 Å². The Labute approximate surface area is 152 Å². The molecular formula is C17H14BrNO6. The number of ether oxygens (including phenoxy) is 3. The Morgan fingerprint density at radius 2 is 1.84 bits per heavy atom. The van der Waals surface area contributed by atoms with Crippen LogP contribution in [0.25, 0.3) is 6.08 Å². The summed E-state index contributed by atoms with van der Waals surface area (Å²) >= 11 is 3.29. The highest BCUT2D eigenvalue weighted by molar-refractivity contribution is 9.10. The Morgan fingerprint density at radius 1 is 1.16 bits per heavy atom. The number of nitro groups is 1. The molecule has 0 aliphatic rings. The van der Waals surface area contributed by atoms with Gasteiger partial charge in [0.25, 0.3) is 0 Å². The third-order valence-electron chi connectivity index (χ3n) is 3.16. The number of rotatable bonds is 6. The van der Waals surface area contributed by atoms with Gasteiger partial charge in [0.05, 0.1) is 29.2 Å². The predicted octanol–water partition coefficient (Wildman–Crippen LogP) is 3.93. The van der Waals surface area contributed by atoms with Crippen LogP contribution in [0.4, 0.5) is 0 Å². The molecule has 0 fully saturated rings. The van der Waals surface area contributed by atoms with Gasteiger partial charge in [-0.05, 0) is 57.9 Å². The molecule has 2 aromatic carbocycles. The predicted molar refractivity (Wildman–Crippen MR) is 94.7 cm³/mol. The molecule has 7 nitrogen and oxygen atoms in total. The average molecular weight is 408 g/mol. The van der Waals surface area contributed by atoms with Gasteiger partial charge >= 0.3 is 5.97 Å². The molecule has 0 radical (unpaired) electrons. The third kappa shape index (κ3) is 4.80. The van der Waals surface area contributed by atoms with Crippen LogP contribution in [0, 0.1) is 10.1 Å². The number of nitrogens with zero attached hydrogens (tertiary/aromatic N) is 1. The Morgan fingerprint density at radius 3 is 2.40 bits per heavy atom. The summed E-state index contributed by atoms with van der Waals surface area (Å²) in [4.78, 5) is 22.1. The highest BCUT2D eigenvalue weighted by atomic mass is 79.9. The van der Waals surface area contributed by atoms with Gasteiger partial charge in [-0.3, -0.25) is 10.1 Å². The molecular weight excluding hydrogens is 394 g/mol. The molecule has 0 aliphatic heterocycles. The van der Waals surface area contributed by atoms with E-state index in [0.29, 0.717) is 21.3 Å². The fraction of sp³-hybridized carbons (Fsp3) is 0.118. The summed E-state index contributed by atoms with van der Waals surface area (Å²) < 4.78 is 16.1. The highest BCUT2D eigenvalue weighted by Gasteiger charge is 2.17. The van der Waals surface area contributed by atoms with Crippen LogP contribution in [0.1, 0.15) is 15.9 Å². The second-order valence-electron chi connectivity index (χ2n) is 4.75. The number of hydrogen-bond donors (Lipinski definition) is 0. The Hall–Kier alpha value is -2.87. The number of esters is 1. The lowest BCUT2D eigenvalue weighted by molar-refractivity contribution is -0.400. The molecule has 2 rings (SSSR count). The maximum atomic E-state index is 12.3. The molecule has 0 atom stereocenters. The van der Waals surface area contributed by atoms with Crippen LogP contribution >= 0.6 is 15.9 Å². The van der Waals surface area contributed by atoms with Crippen LogP contribution in [0.15, 0.2) is 47.1 Å². The third-order valence-corrected chi connectivity index (χ3v) is 3.75. The van der Waals surface area contributed by atoms with Gasteiger partial charge in [-0.25, -0.2) is 4.79 Å². The first-order valence-electron chi connectivity index (χ1n) is 7.00. The molecule has 0 N–H and O–H groups in total. The van der Waals surface area contributed by atoms with Crippen molar-refractivity contribution in [3.8, 4) is 17.2 Å². The summed E-state index contributed by atoms with van der Waals surface area (Å²) in [7, 11) is 2.94. The Kier molecular flexibility index (Phi) is 6.13. The lowest BCUT2D eigenvalue weighted by Crippen LogP contribution is -2.09. The molecule has 0 saturated carbocycles. The van der Waals surface area contributed by atoms with Crippen molar-refractivity contribution in [3.05, 3.63) is 68.3 Å². The number of methoxy groups -OCH3 is 2. The van der Waals surface area contributed by atoms with E-state index in [9.17, 15) is 14.9 Å². The molecule has 130 valence electrons. The van der Waals surface area contributed by atoms with E-state index < -0.39 is 10.9 Å². The minimum absolute atomic E-state index is 0.182. The largest absolute Gasteiger partial charge is 0.497 e. The number of halogens is 1. The van der Waals surface area contributed by atoms with E-state index in [1.807, 2.05) is 0 Å². The van der Waals surface area contributed by atoms with Crippen LogP contribution in [0.5, 0.6) is 17.2 Å². The number of carbonyl (C=O) groups excluding carboxylic acids is 1. The van der Waals surface area contributed by atoms with Crippen molar-refractivity contribution in [2.75, 3.05) is 14.2 Å². The molecule has 0 aromatic heterocycles. The zero-order chi connectivity index (χ0) is 18.4. The van der Waals surface area contributed by atoms with Gasteiger partial charge in [-0.15, -0.1) is 0 Å². The molecule has 0 bridgehead atoms. The first kappa shape index (κ1) is 18.5. The van der Waals surface area contributed by atoms with Crippen LogP contribution in [0.2, 0.25) is 0 Å². The van der Waals surface area contributed by atoms with Crippen molar-refractivity contribution in [1.82, 2.24) is 0 Å². The Bertz CT molecular complexity index is 817. The van der Waals surface area contributed by atoms with Crippen molar-refractivity contribution in [3.63, 3.8) is 0 Å². The molecule has 25 heavy (non-hydrogen) atoms.